The summed E-state index contributed by atoms with van der Waals surface area (Å²) in [6, 6.07) is 21.9. The molecule has 0 radical (unpaired) electrons. The molecule has 0 unspecified atom stereocenters. The predicted molar refractivity (Wildman–Crippen MR) is 139 cm³/mol. The third-order valence-corrected chi connectivity index (χ3v) is 5.88. The monoisotopic (exact) mass is 489 g/mol. The van der Waals surface area contributed by atoms with Crippen molar-refractivity contribution < 1.29 is 14.7 Å². The normalized spacial score (nSPS) is 11.6. The number of hydrogen-bond donors (Lipinski definition) is 4. The zero-order chi connectivity index (χ0) is 25.9. The first-order valence-electron chi connectivity index (χ1n) is 11.7. The van der Waals surface area contributed by atoms with Gasteiger partial charge >= 0.3 is 5.97 Å². The van der Waals surface area contributed by atoms with Crippen LogP contribution in [0, 0.1) is 0 Å². The minimum atomic E-state index is -1.20. The largest absolute Gasteiger partial charge is 0.480 e. The molecule has 188 valence electrons. The molecule has 3 rings (SSSR count). The second kappa shape index (κ2) is 12.9. The molecular formula is C27H31N5O4. The number of aliphatic carboxylic acids is 1. The molecule has 0 aliphatic rings. The lowest BCUT2D eigenvalue weighted by molar-refractivity contribution is -0.139. The van der Waals surface area contributed by atoms with Crippen molar-refractivity contribution in [3.8, 4) is 0 Å². The van der Waals surface area contributed by atoms with Gasteiger partial charge in [0.25, 0.3) is 11.5 Å². The first-order chi connectivity index (χ1) is 17.4. The number of amides is 1. The Bertz CT molecular complexity index is 1200. The molecule has 0 saturated heterocycles. The minimum Gasteiger partial charge on any atom is -0.480 e. The molecular weight excluding hydrogens is 458 g/mol. The van der Waals surface area contributed by atoms with Crippen LogP contribution in [0.2, 0.25) is 0 Å². The molecule has 1 amide bonds. The lowest BCUT2D eigenvalue weighted by atomic mass is 9.88. The predicted octanol–water partition coefficient (Wildman–Crippen LogP) is 2.31. The third kappa shape index (κ3) is 7.30. The molecule has 9 heteroatoms. The van der Waals surface area contributed by atoms with E-state index in [0.29, 0.717) is 19.4 Å². The van der Waals surface area contributed by atoms with Crippen LogP contribution < -0.4 is 22.3 Å². The number of aromatic nitrogens is 1. The fraction of sp³-hybridized carbons (Fsp3) is 0.259. The van der Waals surface area contributed by atoms with Crippen molar-refractivity contribution in [1.82, 2.24) is 9.88 Å². The Morgan fingerprint density at radius 3 is 2.08 bits per heavy atom. The summed E-state index contributed by atoms with van der Waals surface area (Å²) >= 11 is 0. The smallest absolute Gasteiger partial charge is 0.326 e. The number of carbonyl (C=O) groups excluding carboxylic acids is 1. The van der Waals surface area contributed by atoms with Crippen molar-refractivity contribution in [2.75, 3.05) is 6.54 Å². The number of carboxylic acids is 1. The summed E-state index contributed by atoms with van der Waals surface area (Å²) < 4.78 is 1.49. The van der Waals surface area contributed by atoms with E-state index in [-0.39, 0.29) is 30.4 Å². The topological polar surface area (TPSA) is 153 Å². The van der Waals surface area contributed by atoms with E-state index < -0.39 is 23.5 Å². The molecule has 1 aromatic heterocycles. The summed E-state index contributed by atoms with van der Waals surface area (Å²) in [4.78, 5) is 41.3. The van der Waals surface area contributed by atoms with Gasteiger partial charge in [0.1, 0.15) is 11.6 Å². The number of aliphatic imine (C=N–C) groups is 1. The van der Waals surface area contributed by atoms with Gasteiger partial charge in [-0.1, -0.05) is 60.7 Å². The van der Waals surface area contributed by atoms with Crippen molar-refractivity contribution in [1.29, 1.82) is 0 Å². The van der Waals surface area contributed by atoms with Crippen LogP contribution in [-0.4, -0.2) is 40.1 Å². The molecule has 0 saturated carbocycles. The van der Waals surface area contributed by atoms with E-state index >= 15 is 0 Å². The lowest BCUT2D eigenvalue weighted by Gasteiger charge is -2.19. The van der Waals surface area contributed by atoms with Gasteiger partial charge in [-0.15, -0.1) is 0 Å². The van der Waals surface area contributed by atoms with Gasteiger partial charge in [-0.05, 0) is 42.5 Å². The van der Waals surface area contributed by atoms with Crippen molar-refractivity contribution in [3.05, 3.63) is 106 Å². The van der Waals surface area contributed by atoms with Crippen molar-refractivity contribution >= 4 is 17.8 Å². The van der Waals surface area contributed by atoms with Gasteiger partial charge in [0, 0.05) is 25.2 Å². The van der Waals surface area contributed by atoms with Crippen LogP contribution in [0.4, 0.5) is 0 Å². The fourth-order valence-electron chi connectivity index (χ4n) is 4.05. The molecule has 0 aliphatic heterocycles. The quantitative estimate of drug-likeness (QED) is 0.174. The van der Waals surface area contributed by atoms with Gasteiger partial charge in [-0.3, -0.25) is 14.6 Å². The van der Waals surface area contributed by atoms with Crippen molar-refractivity contribution in [3.63, 3.8) is 0 Å². The first kappa shape index (κ1) is 26.2. The summed E-state index contributed by atoms with van der Waals surface area (Å²) in [6.45, 7) is 0.624. The highest BCUT2D eigenvalue weighted by molar-refractivity contribution is 5.96. The van der Waals surface area contributed by atoms with E-state index in [1.54, 1.807) is 12.3 Å². The Morgan fingerprint density at radius 2 is 1.53 bits per heavy atom. The highest BCUT2D eigenvalue weighted by Gasteiger charge is 2.22. The second-order valence-electron chi connectivity index (χ2n) is 8.40. The molecule has 0 bridgehead atoms. The maximum absolute atomic E-state index is 13.1. The minimum absolute atomic E-state index is 0.0680. The molecule has 3 aromatic rings. The van der Waals surface area contributed by atoms with Crippen LogP contribution in [0.5, 0.6) is 0 Å². The van der Waals surface area contributed by atoms with Crippen LogP contribution in [0.1, 0.15) is 46.7 Å². The number of nitrogens with zero attached hydrogens (tertiary/aromatic N) is 2. The van der Waals surface area contributed by atoms with E-state index in [1.807, 2.05) is 36.4 Å². The van der Waals surface area contributed by atoms with E-state index in [9.17, 15) is 19.5 Å². The number of nitrogens with one attached hydrogen (secondary N) is 1. The Balaban J connectivity index is 1.73. The standard InChI is InChI=1S/C27H31N5O4/c28-27(29)30-16-7-14-23(26(35)36)31-24(33)22-13-8-17-32(25(22)34)18-15-21(19-9-3-1-4-10-19)20-11-5-2-6-12-20/h1-6,8-13,17,21,23H,7,14-16,18H2,(H,31,33)(H,35,36)(H4,28,29,30)/t23-/m0/s1. The number of guanidine groups is 1. The molecule has 36 heavy (non-hydrogen) atoms. The molecule has 0 fully saturated rings. The number of rotatable bonds is 12. The summed E-state index contributed by atoms with van der Waals surface area (Å²) in [5, 5.41) is 11.9. The number of hydrogen-bond acceptors (Lipinski definition) is 4. The van der Waals surface area contributed by atoms with Gasteiger partial charge in [0.05, 0.1) is 0 Å². The Kier molecular flexibility index (Phi) is 9.39. The zero-order valence-corrected chi connectivity index (χ0v) is 19.9. The summed E-state index contributed by atoms with van der Waals surface area (Å²) in [7, 11) is 0. The lowest BCUT2D eigenvalue weighted by Crippen LogP contribution is -2.43. The van der Waals surface area contributed by atoms with Crippen LogP contribution in [0.15, 0.2) is 88.8 Å². The average molecular weight is 490 g/mol. The molecule has 9 nitrogen and oxygen atoms in total. The van der Waals surface area contributed by atoms with E-state index in [4.69, 9.17) is 11.5 Å². The highest BCUT2D eigenvalue weighted by Crippen LogP contribution is 2.28. The number of benzene rings is 2. The maximum Gasteiger partial charge on any atom is 0.326 e. The molecule has 2 aromatic carbocycles. The zero-order valence-electron chi connectivity index (χ0n) is 19.9. The van der Waals surface area contributed by atoms with E-state index in [0.717, 1.165) is 11.1 Å². The number of nitrogens with two attached hydrogens (primary N) is 2. The van der Waals surface area contributed by atoms with Crippen molar-refractivity contribution in [2.45, 2.75) is 37.8 Å². The van der Waals surface area contributed by atoms with Crippen molar-refractivity contribution in [2.24, 2.45) is 16.5 Å². The van der Waals surface area contributed by atoms with Gasteiger partial charge < -0.3 is 26.5 Å². The Hall–Kier alpha value is -4.40. The summed E-state index contributed by atoms with van der Waals surface area (Å²) in [5.74, 6) is -1.94. The number of aryl methyl sites for hydroxylation is 1. The fourth-order valence-corrected chi connectivity index (χ4v) is 4.05. The number of pyridine rings is 1. The molecule has 1 atom stereocenters. The van der Waals surface area contributed by atoms with Crippen LogP contribution in [-0.2, 0) is 11.3 Å². The number of carboxylic acid groups (broad SMARTS) is 1. The Morgan fingerprint density at radius 1 is 0.917 bits per heavy atom. The van der Waals surface area contributed by atoms with E-state index in [1.165, 1.54) is 10.6 Å². The highest BCUT2D eigenvalue weighted by atomic mass is 16.4. The molecule has 0 spiro atoms. The second-order valence-corrected chi connectivity index (χ2v) is 8.40. The Labute approximate surface area is 209 Å². The van der Waals surface area contributed by atoms with E-state index in [2.05, 4.69) is 34.6 Å². The molecule has 0 aliphatic carbocycles. The summed E-state index contributed by atoms with van der Waals surface area (Å²) in [5.41, 5.74) is 12.2. The van der Waals surface area contributed by atoms with Crippen LogP contribution in [0.25, 0.3) is 0 Å². The summed E-state index contributed by atoms with van der Waals surface area (Å²) in [6.07, 6.45) is 2.75. The molecule has 6 N–H and O–H groups in total. The van der Waals surface area contributed by atoms with Gasteiger partial charge in [-0.2, -0.15) is 0 Å². The number of carbonyl (C=O) groups is 2. The first-order valence-corrected chi connectivity index (χ1v) is 11.7. The molecule has 1 heterocycles. The van der Waals surface area contributed by atoms with Gasteiger partial charge in [-0.25, -0.2) is 4.79 Å². The van der Waals surface area contributed by atoms with Crippen LogP contribution in [0.3, 0.4) is 0 Å². The van der Waals surface area contributed by atoms with Crippen LogP contribution >= 0.6 is 0 Å². The third-order valence-electron chi connectivity index (χ3n) is 5.88. The van der Waals surface area contributed by atoms with Gasteiger partial charge in [0.2, 0.25) is 0 Å². The average Bonchev–Trinajstić information content (AvgIpc) is 2.87. The maximum atomic E-state index is 13.1. The van der Waals surface area contributed by atoms with Gasteiger partial charge in [0.15, 0.2) is 5.96 Å². The SMILES string of the molecule is NC(N)=NCCC[C@H](NC(=O)c1cccn(CCC(c2ccccc2)c2ccccc2)c1=O)C(=O)O.